The van der Waals surface area contributed by atoms with Crippen molar-refractivity contribution in [2.75, 3.05) is 0 Å². The Morgan fingerprint density at radius 3 is 2.47 bits per heavy atom. The number of aryl methyl sites for hydroxylation is 1. The van der Waals surface area contributed by atoms with E-state index < -0.39 is 0 Å². The fourth-order valence-electron chi connectivity index (χ4n) is 6.61. The first kappa shape index (κ1) is 18.7. The molecule has 4 bridgehead atoms. The fraction of sp³-hybridized carbons (Fsp3) is 0.542. The van der Waals surface area contributed by atoms with E-state index in [4.69, 9.17) is 8.83 Å². The van der Waals surface area contributed by atoms with Gasteiger partial charge >= 0.3 is 5.63 Å². The Morgan fingerprint density at radius 1 is 1.03 bits per heavy atom. The maximum absolute atomic E-state index is 12.1. The minimum atomic E-state index is -0.314. The number of rotatable bonds is 5. The Morgan fingerprint density at radius 2 is 1.77 bits per heavy atom. The highest BCUT2D eigenvalue weighted by atomic mass is 32.2. The van der Waals surface area contributed by atoms with E-state index in [-0.39, 0.29) is 11.0 Å². The Labute approximate surface area is 179 Å². The highest BCUT2D eigenvalue weighted by molar-refractivity contribution is 7.98. The molecule has 0 atom stereocenters. The monoisotopic (exact) mass is 422 g/mol. The summed E-state index contributed by atoms with van der Waals surface area (Å²) in [5.74, 6) is 4.01. The predicted molar refractivity (Wildman–Crippen MR) is 116 cm³/mol. The van der Waals surface area contributed by atoms with E-state index in [9.17, 15) is 4.79 Å². The van der Waals surface area contributed by atoms with E-state index >= 15 is 0 Å². The lowest BCUT2D eigenvalue weighted by atomic mass is 9.49. The summed E-state index contributed by atoms with van der Waals surface area (Å²) in [6.45, 7) is 2.09. The molecule has 4 aliphatic rings. The molecule has 6 heteroatoms. The van der Waals surface area contributed by atoms with Crippen LogP contribution in [0.1, 0.15) is 62.5 Å². The third-order valence-electron chi connectivity index (χ3n) is 7.55. The molecule has 30 heavy (non-hydrogen) atoms. The van der Waals surface area contributed by atoms with Gasteiger partial charge in [-0.15, -0.1) is 10.2 Å². The van der Waals surface area contributed by atoms with Crippen LogP contribution in [0.4, 0.5) is 0 Å². The van der Waals surface area contributed by atoms with Gasteiger partial charge in [0.15, 0.2) is 0 Å². The molecule has 0 saturated heterocycles. The minimum absolute atomic E-state index is 0.123. The molecule has 0 amide bonds. The van der Waals surface area contributed by atoms with Gasteiger partial charge in [0.2, 0.25) is 5.89 Å². The van der Waals surface area contributed by atoms with Crippen molar-refractivity contribution >= 4 is 22.7 Å². The van der Waals surface area contributed by atoms with Gasteiger partial charge in [0, 0.05) is 22.6 Å². The molecular formula is C24H26N2O3S. The Balaban J connectivity index is 1.24. The van der Waals surface area contributed by atoms with Crippen LogP contribution in [0.2, 0.25) is 0 Å². The van der Waals surface area contributed by atoms with Crippen LogP contribution in [0, 0.1) is 17.8 Å². The highest BCUT2D eigenvalue weighted by Crippen LogP contribution is 2.60. The molecule has 0 radical (unpaired) electrons. The van der Waals surface area contributed by atoms with Crippen molar-refractivity contribution in [3.8, 4) is 0 Å². The maximum atomic E-state index is 12.1. The van der Waals surface area contributed by atoms with Gasteiger partial charge in [-0.1, -0.05) is 30.8 Å². The lowest BCUT2D eigenvalue weighted by Gasteiger charge is -2.55. The summed E-state index contributed by atoms with van der Waals surface area (Å²) in [4.78, 5) is 12.1. The van der Waals surface area contributed by atoms with Crippen LogP contribution in [0.15, 0.2) is 43.1 Å². The number of nitrogens with zero attached hydrogens (tertiary/aromatic N) is 2. The van der Waals surface area contributed by atoms with Crippen molar-refractivity contribution in [2.45, 2.75) is 68.3 Å². The van der Waals surface area contributed by atoms with Crippen LogP contribution in [0.25, 0.3) is 11.0 Å². The molecule has 4 aliphatic carbocycles. The quantitative estimate of drug-likeness (QED) is 0.399. The number of aromatic nitrogens is 2. The average molecular weight is 423 g/mol. The van der Waals surface area contributed by atoms with Crippen LogP contribution in [-0.2, 0) is 17.6 Å². The molecule has 0 N–H and O–H groups in total. The zero-order valence-electron chi connectivity index (χ0n) is 17.2. The number of fused-ring (bicyclic) bond motifs is 1. The summed E-state index contributed by atoms with van der Waals surface area (Å²) in [5.41, 5.74) is 2.57. The van der Waals surface area contributed by atoms with Crippen molar-refractivity contribution in [2.24, 2.45) is 17.8 Å². The third-order valence-corrected chi connectivity index (χ3v) is 8.42. The molecule has 0 spiro atoms. The highest BCUT2D eigenvalue weighted by Gasteiger charge is 2.54. The molecule has 2 heterocycles. The predicted octanol–water partition coefficient (Wildman–Crippen LogP) is 5.50. The number of benzene rings is 1. The zero-order chi connectivity index (χ0) is 20.3. The lowest BCUT2D eigenvalue weighted by Crippen LogP contribution is -2.48. The lowest BCUT2D eigenvalue weighted by molar-refractivity contribution is -0.0191. The standard InChI is InChI=1S/C24H26N2O3S/c1-2-14-3-4-19-18(9-21(27)28-20(19)8-14)13-30-23-26-25-22(29-23)24-10-15-5-16(11-24)7-17(6-15)12-24/h3-4,8-9,15-17H,2,5-7,10-13H2,1H3. The summed E-state index contributed by atoms with van der Waals surface area (Å²) in [6, 6.07) is 7.68. The molecule has 0 aliphatic heterocycles. The van der Waals surface area contributed by atoms with Gasteiger partial charge in [-0.05, 0) is 79.9 Å². The molecule has 1 aromatic carbocycles. The second kappa shape index (κ2) is 6.98. The smallest absolute Gasteiger partial charge is 0.336 e. The summed E-state index contributed by atoms with van der Waals surface area (Å²) in [5, 5.41) is 10.4. The van der Waals surface area contributed by atoms with E-state index in [1.165, 1.54) is 50.3 Å². The Bertz CT molecular complexity index is 1130. The van der Waals surface area contributed by atoms with Crippen LogP contribution in [-0.4, -0.2) is 10.2 Å². The molecule has 5 nitrogen and oxygen atoms in total. The Hall–Kier alpha value is -2.08. The zero-order valence-corrected chi connectivity index (χ0v) is 18.0. The van der Waals surface area contributed by atoms with Gasteiger partial charge in [-0.2, -0.15) is 0 Å². The average Bonchev–Trinajstić information content (AvgIpc) is 3.20. The van der Waals surface area contributed by atoms with Gasteiger partial charge in [-0.3, -0.25) is 0 Å². The van der Waals surface area contributed by atoms with E-state index in [2.05, 4.69) is 23.2 Å². The van der Waals surface area contributed by atoms with E-state index in [1.807, 2.05) is 12.1 Å². The maximum Gasteiger partial charge on any atom is 0.336 e. The molecule has 4 fully saturated rings. The normalized spacial score (nSPS) is 29.7. The molecular weight excluding hydrogens is 396 g/mol. The second-order valence-electron chi connectivity index (χ2n) is 9.63. The molecule has 3 aromatic rings. The van der Waals surface area contributed by atoms with E-state index in [0.717, 1.165) is 46.6 Å². The summed E-state index contributed by atoms with van der Waals surface area (Å²) < 4.78 is 11.6. The topological polar surface area (TPSA) is 69.1 Å². The second-order valence-corrected chi connectivity index (χ2v) is 10.6. The summed E-state index contributed by atoms with van der Waals surface area (Å²) in [7, 11) is 0. The van der Waals surface area contributed by atoms with Gasteiger partial charge < -0.3 is 8.83 Å². The summed E-state index contributed by atoms with van der Waals surface area (Å²) >= 11 is 1.51. The van der Waals surface area contributed by atoms with Crippen LogP contribution >= 0.6 is 11.8 Å². The van der Waals surface area contributed by atoms with Crippen LogP contribution in [0.3, 0.4) is 0 Å². The number of thioether (sulfide) groups is 1. The van der Waals surface area contributed by atoms with Gasteiger partial charge in [0.1, 0.15) is 5.58 Å². The van der Waals surface area contributed by atoms with Crippen molar-refractivity contribution in [1.82, 2.24) is 10.2 Å². The minimum Gasteiger partial charge on any atom is -0.423 e. The fourth-order valence-corrected chi connectivity index (χ4v) is 7.36. The molecule has 0 unspecified atom stereocenters. The molecule has 7 rings (SSSR count). The van der Waals surface area contributed by atoms with Crippen molar-refractivity contribution in [3.63, 3.8) is 0 Å². The molecule has 4 saturated carbocycles. The molecule has 2 aromatic heterocycles. The Kier molecular flexibility index (Phi) is 4.34. The molecule has 156 valence electrons. The summed E-state index contributed by atoms with van der Waals surface area (Å²) in [6.07, 6.45) is 8.77. The van der Waals surface area contributed by atoms with E-state index in [1.54, 1.807) is 6.07 Å². The third kappa shape index (κ3) is 3.11. The van der Waals surface area contributed by atoms with Gasteiger partial charge in [-0.25, -0.2) is 4.79 Å². The van der Waals surface area contributed by atoms with Crippen LogP contribution in [0.5, 0.6) is 0 Å². The first-order valence-corrected chi connectivity index (χ1v) is 12.1. The first-order chi connectivity index (χ1) is 14.6. The van der Waals surface area contributed by atoms with Crippen molar-refractivity contribution in [3.05, 3.63) is 51.7 Å². The van der Waals surface area contributed by atoms with Crippen molar-refractivity contribution in [1.29, 1.82) is 0 Å². The largest absolute Gasteiger partial charge is 0.423 e. The SMILES string of the molecule is CCc1ccc2c(CSc3nnc(C45CC6CC(CC(C6)C4)C5)o3)cc(=O)oc2c1. The van der Waals surface area contributed by atoms with Gasteiger partial charge in [0.05, 0.1) is 0 Å². The number of hydrogen-bond donors (Lipinski definition) is 0. The van der Waals surface area contributed by atoms with Crippen molar-refractivity contribution < 1.29 is 8.83 Å². The number of hydrogen-bond acceptors (Lipinski definition) is 6. The first-order valence-electron chi connectivity index (χ1n) is 11.1. The van der Waals surface area contributed by atoms with Crippen LogP contribution < -0.4 is 5.63 Å². The van der Waals surface area contributed by atoms with Gasteiger partial charge in [0.25, 0.3) is 5.22 Å². The van der Waals surface area contributed by atoms with E-state index in [0.29, 0.717) is 16.6 Å².